The Morgan fingerprint density at radius 2 is 1.67 bits per heavy atom. The van der Waals surface area contributed by atoms with E-state index < -0.39 is 0 Å². The van der Waals surface area contributed by atoms with Crippen LogP contribution >= 0.6 is 0 Å². The fourth-order valence-electron chi connectivity index (χ4n) is 1.75. The van der Waals surface area contributed by atoms with E-state index in [1.807, 2.05) is 38.1 Å². The van der Waals surface area contributed by atoms with Crippen molar-refractivity contribution in [2.45, 2.75) is 33.1 Å². The minimum absolute atomic E-state index is 0.0254. The van der Waals surface area contributed by atoms with Crippen LogP contribution in [0.1, 0.15) is 32.3 Å². The first-order valence-electron chi connectivity index (χ1n) is 7.35. The smallest absolute Gasteiger partial charge is 0.221 e. The van der Waals surface area contributed by atoms with Crippen LogP contribution in [-0.2, 0) is 16.0 Å². The molecule has 0 atom stereocenters. The maximum absolute atomic E-state index is 11.7. The SMILES string of the molecule is CC(C)CNC(=O)CCNC(=O)CCc1ccc(N)cc1. The van der Waals surface area contributed by atoms with Gasteiger partial charge in [-0.25, -0.2) is 0 Å². The number of benzene rings is 1. The number of nitrogens with two attached hydrogens (primary N) is 1. The highest BCUT2D eigenvalue weighted by Crippen LogP contribution is 2.07. The Balaban J connectivity index is 2.14. The molecule has 5 heteroatoms. The normalized spacial score (nSPS) is 10.4. The Labute approximate surface area is 126 Å². The Morgan fingerprint density at radius 1 is 1.05 bits per heavy atom. The zero-order chi connectivity index (χ0) is 15.7. The number of hydrogen-bond donors (Lipinski definition) is 3. The van der Waals surface area contributed by atoms with Crippen LogP contribution in [0.4, 0.5) is 5.69 Å². The molecular formula is C16H25N3O2. The monoisotopic (exact) mass is 291 g/mol. The lowest BCUT2D eigenvalue weighted by molar-refractivity contribution is -0.122. The van der Waals surface area contributed by atoms with E-state index in [9.17, 15) is 9.59 Å². The number of carbonyl (C=O) groups is 2. The molecule has 0 aliphatic heterocycles. The zero-order valence-corrected chi connectivity index (χ0v) is 12.8. The molecule has 1 aromatic rings. The summed E-state index contributed by atoms with van der Waals surface area (Å²) >= 11 is 0. The van der Waals surface area contributed by atoms with Crippen molar-refractivity contribution in [1.82, 2.24) is 10.6 Å². The van der Waals surface area contributed by atoms with Crippen LogP contribution in [0, 0.1) is 5.92 Å². The molecule has 0 spiro atoms. The third kappa shape index (κ3) is 7.97. The number of anilines is 1. The van der Waals surface area contributed by atoms with E-state index in [1.54, 1.807) is 0 Å². The summed E-state index contributed by atoms with van der Waals surface area (Å²) in [6.45, 7) is 5.13. The van der Waals surface area contributed by atoms with Gasteiger partial charge < -0.3 is 16.4 Å². The molecule has 0 unspecified atom stereocenters. The Morgan fingerprint density at radius 3 is 2.29 bits per heavy atom. The lowest BCUT2D eigenvalue weighted by Crippen LogP contribution is -2.32. The van der Waals surface area contributed by atoms with Gasteiger partial charge in [-0.3, -0.25) is 9.59 Å². The van der Waals surface area contributed by atoms with E-state index in [4.69, 9.17) is 5.73 Å². The third-order valence-corrected chi connectivity index (χ3v) is 3.00. The van der Waals surface area contributed by atoms with Crippen molar-refractivity contribution in [3.05, 3.63) is 29.8 Å². The second-order valence-corrected chi connectivity index (χ2v) is 5.54. The molecule has 0 heterocycles. The molecule has 2 amide bonds. The number of hydrogen-bond acceptors (Lipinski definition) is 3. The van der Waals surface area contributed by atoms with Crippen LogP contribution in [0.2, 0.25) is 0 Å². The van der Waals surface area contributed by atoms with Gasteiger partial charge in [0.2, 0.25) is 11.8 Å². The van der Waals surface area contributed by atoms with Crippen molar-refractivity contribution in [1.29, 1.82) is 0 Å². The molecule has 0 bridgehead atoms. The minimum atomic E-state index is -0.0384. The van der Waals surface area contributed by atoms with Crippen LogP contribution in [0.15, 0.2) is 24.3 Å². The molecular weight excluding hydrogens is 266 g/mol. The van der Waals surface area contributed by atoms with Crippen LogP contribution in [0.25, 0.3) is 0 Å². The first kappa shape index (κ1) is 17.0. The van der Waals surface area contributed by atoms with Crippen molar-refractivity contribution in [3.63, 3.8) is 0 Å². The number of nitrogens with one attached hydrogen (secondary N) is 2. The largest absolute Gasteiger partial charge is 0.399 e. The summed E-state index contributed by atoms with van der Waals surface area (Å²) in [4.78, 5) is 23.1. The summed E-state index contributed by atoms with van der Waals surface area (Å²) in [6.07, 6.45) is 1.41. The van der Waals surface area contributed by atoms with Crippen LogP contribution in [0.3, 0.4) is 0 Å². The van der Waals surface area contributed by atoms with E-state index in [2.05, 4.69) is 10.6 Å². The summed E-state index contributed by atoms with van der Waals surface area (Å²) < 4.78 is 0. The zero-order valence-electron chi connectivity index (χ0n) is 12.8. The lowest BCUT2D eigenvalue weighted by atomic mass is 10.1. The highest BCUT2D eigenvalue weighted by Gasteiger charge is 2.05. The molecule has 5 nitrogen and oxygen atoms in total. The van der Waals surface area contributed by atoms with Gasteiger partial charge in [0.25, 0.3) is 0 Å². The van der Waals surface area contributed by atoms with Crippen LogP contribution < -0.4 is 16.4 Å². The second kappa shape index (κ2) is 9.00. The van der Waals surface area contributed by atoms with Gasteiger partial charge in [-0.15, -0.1) is 0 Å². The van der Waals surface area contributed by atoms with Crippen molar-refractivity contribution in [2.24, 2.45) is 5.92 Å². The second-order valence-electron chi connectivity index (χ2n) is 5.54. The molecule has 116 valence electrons. The first-order chi connectivity index (χ1) is 9.97. The highest BCUT2D eigenvalue weighted by atomic mass is 16.2. The summed E-state index contributed by atoms with van der Waals surface area (Å²) in [5.74, 6) is 0.370. The molecule has 1 aromatic carbocycles. The van der Waals surface area contributed by atoms with Gasteiger partial charge in [-0.1, -0.05) is 26.0 Å². The molecule has 0 aliphatic carbocycles. The van der Waals surface area contributed by atoms with Gasteiger partial charge >= 0.3 is 0 Å². The number of carbonyl (C=O) groups excluding carboxylic acids is 2. The highest BCUT2D eigenvalue weighted by molar-refractivity contribution is 5.79. The van der Waals surface area contributed by atoms with Crippen molar-refractivity contribution in [3.8, 4) is 0 Å². The van der Waals surface area contributed by atoms with Gasteiger partial charge in [-0.2, -0.15) is 0 Å². The van der Waals surface area contributed by atoms with Gasteiger partial charge in [0.1, 0.15) is 0 Å². The molecule has 4 N–H and O–H groups in total. The molecule has 1 rings (SSSR count). The van der Waals surface area contributed by atoms with E-state index in [0.29, 0.717) is 38.3 Å². The average Bonchev–Trinajstić information content (AvgIpc) is 2.44. The van der Waals surface area contributed by atoms with Crippen LogP contribution in [0.5, 0.6) is 0 Å². The molecule has 0 aromatic heterocycles. The fraction of sp³-hybridized carbons (Fsp3) is 0.500. The van der Waals surface area contributed by atoms with Crippen molar-refractivity contribution in [2.75, 3.05) is 18.8 Å². The maximum Gasteiger partial charge on any atom is 0.221 e. The molecule has 0 saturated carbocycles. The molecule has 21 heavy (non-hydrogen) atoms. The van der Waals surface area contributed by atoms with Crippen molar-refractivity contribution >= 4 is 17.5 Å². The molecule has 0 fully saturated rings. The Bertz CT molecular complexity index is 455. The third-order valence-electron chi connectivity index (χ3n) is 3.00. The summed E-state index contributed by atoms with van der Waals surface area (Å²) in [6, 6.07) is 7.49. The van der Waals surface area contributed by atoms with Gasteiger partial charge in [-0.05, 0) is 30.0 Å². The number of nitrogen functional groups attached to an aromatic ring is 1. The predicted octanol–water partition coefficient (Wildman–Crippen LogP) is 1.48. The Kier molecular flexibility index (Phi) is 7.29. The number of rotatable bonds is 8. The van der Waals surface area contributed by atoms with Gasteiger partial charge in [0, 0.05) is 31.6 Å². The summed E-state index contributed by atoms with van der Waals surface area (Å²) in [5, 5.41) is 5.58. The predicted molar refractivity (Wildman–Crippen MR) is 84.6 cm³/mol. The standard InChI is InChI=1S/C16H25N3O2/c1-12(2)11-19-16(21)9-10-18-15(20)8-5-13-3-6-14(17)7-4-13/h3-4,6-7,12H,5,8-11,17H2,1-2H3,(H,18,20)(H,19,21). The van der Waals surface area contributed by atoms with E-state index in [1.165, 1.54) is 0 Å². The molecule has 0 saturated heterocycles. The fourth-order valence-corrected chi connectivity index (χ4v) is 1.75. The lowest BCUT2D eigenvalue weighted by Gasteiger charge is -2.08. The van der Waals surface area contributed by atoms with Crippen LogP contribution in [-0.4, -0.2) is 24.9 Å². The maximum atomic E-state index is 11.7. The average molecular weight is 291 g/mol. The number of aryl methyl sites for hydroxylation is 1. The minimum Gasteiger partial charge on any atom is -0.399 e. The molecule has 0 radical (unpaired) electrons. The van der Waals surface area contributed by atoms with Crippen molar-refractivity contribution < 1.29 is 9.59 Å². The van der Waals surface area contributed by atoms with E-state index >= 15 is 0 Å². The van der Waals surface area contributed by atoms with Gasteiger partial charge in [0.05, 0.1) is 0 Å². The van der Waals surface area contributed by atoms with E-state index in [0.717, 1.165) is 11.3 Å². The first-order valence-corrected chi connectivity index (χ1v) is 7.35. The molecule has 0 aliphatic rings. The summed E-state index contributed by atoms with van der Waals surface area (Å²) in [7, 11) is 0. The quantitative estimate of drug-likeness (QED) is 0.634. The van der Waals surface area contributed by atoms with E-state index in [-0.39, 0.29) is 11.8 Å². The summed E-state index contributed by atoms with van der Waals surface area (Å²) in [5.41, 5.74) is 7.40. The Hall–Kier alpha value is -2.04. The van der Waals surface area contributed by atoms with Gasteiger partial charge in [0.15, 0.2) is 0 Å². The topological polar surface area (TPSA) is 84.2 Å². The number of amides is 2.